The first-order chi connectivity index (χ1) is 6.67. The molecule has 1 heterocycles. The Morgan fingerprint density at radius 1 is 1.64 bits per heavy atom. The number of hydrogen-bond acceptors (Lipinski definition) is 4. The number of aromatic nitrogens is 1. The Kier molecular flexibility index (Phi) is 3.02. The summed E-state index contributed by atoms with van der Waals surface area (Å²) in [5.74, 6) is -0.497. The van der Waals surface area contributed by atoms with Gasteiger partial charge in [0.05, 0.1) is 19.1 Å². The van der Waals surface area contributed by atoms with Crippen molar-refractivity contribution >= 4 is 5.97 Å². The van der Waals surface area contributed by atoms with Crippen LogP contribution in [0.3, 0.4) is 0 Å². The third-order valence-electron chi connectivity index (χ3n) is 1.67. The molecule has 0 radical (unpaired) electrons. The summed E-state index contributed by atoms with van der Waals surface area (Å²) < 4.78 is 4.42. The fourth-order valence-corrected chi connectivity index (χ4v) is 0.978. The molecule has 1 aromatic heterocycles. The number of carbonyl (C=O) groups excluding carboxylic acids is 1. The van der Waals surface area contributed by atoms with Crippen LogP contribution in [-0.2, 0) is 16.0 Å². The lowest BCUT2D eigenvalue weighted by Crippen LogP contribution is -2.14. The van der Waals surface area contributed by atoms with Crippen LogP contribution in [0.25, 0.3) is 0 Å². The zero-order valence-electron chi connectivity index (χ0n) is 7.53. The smallest absolute Gasteiger partial charge is 0.311 e. The standard InChI is InChI=1S/C9H8N2O3/c1-14-9(13)4-7-6(5-10)2-3-8(12)11-7/h2-3H,4H2,1H3,(H,11,12). The van der Waals surface area contributed by atoms with Gasteiger partial charge in [-0.05, 0) is 6.07 Å². The second-order valence-electron chi connectivity index (χ2n) is 2.58. The molecule has 0 aliphatic heterocycles. The summed E-state index contributed by atoms with van der Waals surface area (Å²) in [4.78, 5) is 24.2. The third-order valence-corrected chi connectivity index (χ3v) is 1.67. The van der Waals surface area contributed by atoms with Crippen LogP contribution in [0.1, 0.15) is 11.3 Å². The molecule has 5 heteroatoms. The Bertz CT molecular complexity index is 442. The van der Waals surface area contributed by atoms with E-state index in [9.17, 15) is 9.59 Å². The average molecular weight is 192 g/mol. The molecule has 72 valence electrons. The maximum absolute atomic E-state index is 10.9. The Morgan fingerprint density at radius 2 is 2.36 bits per heavy atom. The monoisotopic (exact) mass is 192 g/mol. The van der Waals surface area contributed by atoms with Crippen molar-refractivity contribution in [1.29, 1.82) is 5.26 Å². The maximum atomic E-state index is 10.9. The van der Waals surface area contributed by atoms with Crippen LogP contribution in [0.15, 0.2) is 16.9 Å². The van der Waals surface area contributed by atoms with Crippen molar-refractivity contribution in [2.45, 2.75) is 6.42 Å². The Balaban J connectivity index is 3.06. The van der Waals surface area contributed by atoms with Gasteiger partial charge in [0, 0.05) is 11.8 Å². The molecule has 0 atom stereocenters. The number of ether oxygens (including phenoxy) is 1. The van der Waals surface area contributed by atoms with E-state index in [0.29, 0.717) is 0 Å². The Labute approximate surface area is 79.9 Å². The van der Waals surface area contributed by atoms with Gasteiger partial charge in [-0.1, -0.05) is 0 Å². The Morgan fingerprint density at radius 3 is 2.93 bits per heavy atom. The summed E-state index contributed by atoms with van der Waals surface area (Å²) in [5, 5.41) is 8.67. The van der Waals surface area contributed by atoms with E-state index < -0.39 is 5.97 Å². The average Bonchev–Trinajstić information content (AvgIpc) is 2.18. The molecule has 0 fully saturated rings. The summed E-state index contributed by atoms with van der Waals surface area (Å²) in [7, 11) is 1.25. The number of H-pyrrole nitrogens is 1. The molecule has 1 aromatic rings. The summed E-state index contributed by atoms with van der Waals surface area (Å²) in [5.41, 5.74) is 0.213. The van der Waals surface area contributed by atoms with Gasteiger partial charge in [-0.3, -0.25) is 9.59 Å². The fraction of sp³-hybridized carbons (Fsp3) is 0.222. The van der Waals surface area contributed by atoms with Gasteiger partial charge < -0.3 is 9.72 Å². The van der Waals surface area contributed by atoms with Gasteiger partial charge in [0.2, 0.25) is 5.56 Å². The van der Waals surface area contributed by atoms with Crippen LogP contribution in [0.4, 0.5) is 0 Å². The molecular formula is C9H8N2O3. The molecule has 1 rings (SSSR count). The Hall–Kier alpha value is -2.09. The third kappa shape index (κ3) is 2.20. The van der Waals surface area contributed by atoms with E-state index in [0.717, 1.165) is 0 Å². The second-order valence-corrected chi connectivity index (χ2v) is 2.58. The first kappa shape index (κ1) is 9.99. The SMILES string of the molecule is COC(=O)Cc1[nH]c(=O)ccc1C#N. The molecule has 0 unspecified atom stereocenters. The van der Waals surface area contributed by atoms with Crippen LogP contribution < -0.4 is 5.56 Å². The van der Waals surface area contributed by atoms with Crippen molar-refractivity contribution < 1.29 is 9.53 Å². The highest BCUT2D eigenvalue weighted by molar-refractivity contribution is 5.72. The molecule has 0 aliphatic rings. The number of pyridine rings is 1. The molecule has 0 saturated heterocycles. The highest BCUT2D eigenvalue weighted by Gasteiger charge is 2.08. The molecule has 0 bridgehead atoms. The van der Waals surface area contributed by atoms with Gasteiger partial charge >= 0.3 is 5.97 Å². The predicted octanol–water partition coefficient (Wildman–Crippen LogP) is -0.0379. The van der Waals surface area contributed by atoms with E-state index in [-0.39, 0.29) is 23.2 Å². The molecule has 0 aliphatic carbocycles. The van der Waals surface area contributed by atoms with E-state index in [2.05, 4.69) is 9.72 Å². The minimum absolute atomic E-state index is 0.102. The highest BCUT2D eigenvalue weighted by atomic mass is 16.5. The van der Waals surface area contributed by atoms with Gasteiger partial charge in [0.1, 0.15) is 6.07 Å². The van der Waals surface area contributed by atoms with Crippen molar-refractivity contribution in [2.24, 2.45) is 0 Å². The lowest BCUT2D eigenvalue weighted by atomic mass is 10.1. The quantitative estimate of drug-likeness (QED) is 0.666. The normalized spacial score (nSPS) is 9.14. The van der Waals surface area contributed by atoms with Gasteiger partial charge in [0.15, 0.2) is 0 Å². The number of aromatic amines is 1. The van der Waals surface area contributed by atoms with Gasteiger partial charge in [-0.25, -0.2) is 0 Å². The zero-order chi connectivity index (χ0) is 10.6. The molecule has 14 heavy (non-hydrogen) atoms. The molecule has 5 nitrogen and oxygen atoms in total. The summed E-state index contributed by atoms with van der Waals surface area (Å²) in [6.07, 6.45) is -0.102. The summed E-state index contributed by atoms with van der Waals surface area (Å²) in [6, 6.07) is 4.48. The van der Waals surface area contributed by atoms with E-state index in [1.54, 1.807) is 0 Å². The predicted molar refractivity (Wildman–Crippen MR) is 47.5 cm³/mol. The lowest BCUT2D eigenvalue weighted by molar-refractivity contribution is -0.139. The van der Waals surface area contributed by atoms with Gasteiger partial charge in [0.25, 0.3) is 0 Å². The minimum atomic E-state index is -0.497. The molecule has 1 N–H and O–H groups in total. The fourth-order valence-electron chi connectivity index (χ4n) is 0.978. The molecule has 0 aromatic carbocycles. The number of nitriles is 1. The van der Waals surface area contributed by atoms with Gasteiger partial charge in [-0.15, -0.1) is 0 Å². The van der Waals surface area contributed by atoms with Crippen molar-refractivity contribution in [3.8, 4) is 6.07 Å². The maximum Gasteiger partial charge on any atom is 0.311 e. The van der Waals surface area contributed by atoms with Crippen LogP contribution in [-0.4, -0.2) is 18.1 Å². The number of rotatable bonds is 2. The van der Waals surface area contributed by atoms with Crippen LogP contribution >= 0.6 is 0 Å². The first-order valence-electron chi connectivity index (χ1n) is 3.86. The van der Waals surface area contributed by atoms with Crippen molar-refractivity contribution in [2.75, 3.05) is 7.11 Å². The number of hydrogen-bond donors (Lipinski definition) is 1. The van der Waals surface area contributed by atoms with E-state index >= 15 is 0 Å². The van der Waals surface area contributed by atoms with Crippen LogP contribution in [0.2, 0.25) is 0 Å². The topological polar surface area (TPSA) is 83.0 Å². The van der Waals surface area contributed by atoms with Crippen LogP contribution in [0.5, 0.6) is 0 Å². The zero-order valence-corrected chi connectivity index (χ0v) is 7.53. The van der Waals surface area contributed by atoms with Crippen molar-refractivity contribution in [3.63, 3.8) is 0 Å². The second kappa shape index (κ2) is 4.23. The first-order valence-corrected chi connectivity index (χ1v) is 3.86. The highest BCUT2D eigenvalue weighted by Crippen LogP contribution is 2.02. The number of nitrogens with zero attached hydrogens (tertiary/aromatic N) is 1. The van der Waals surface area contributed by atoms with Crippen molar-refractivity contribution in [3.05, 3.63) is 33.7 Å². The number of nitrogens with one attached hydrogen (secondary N) is 1. The van der Waals surface area contributed by atoms with E-state index in [1.165, 1.54) is 19.2 Å². The number of carbonyl (C=O) groups is 1. The molecular weight excluding hydrogens is 184 g/mol. The summed E-state index contributed by atoms with van der Waals surface area (Å²) in [6.45, 7) is 0. The van der Waals surface area contributed by atoms with Crippen molar-refractivity contribution in [1.82, 2.24) is 4.98 Å². The molecule has 0 saturated carbocycles. The number of methoxy groups -OCH3 is 1. The van der Waals surface area contributed by atoms with Gasteiger partial charge in [-0.2, -0.15) is 5.26 Å². The number of esters is 1. The molecule has 0 amide bonds. The molecule has 0 spiro atoms. The van der Waals surface area contributed by atoms with E-state index in [1.807, 2.05) is 6.07 Å². The summed E-state index contributed by atoms with van der Waals surface area (Å²) >= 11 is 0. The largest absolute Gasteiger partial charge is 0.469 e. The van der Waals surface area contributed by atoms with E-state index in [4.69, 9.17) is 5.26 Å². The van der Waals surface area contributed by atoms with Crippen LogP contribution in [0, 0.1) is 11.3 Å². The minimum Gasteiger partial charge on any atom is -0.469 e. The lowest BCUT2D eigenvalue weighted by Gasteiger charge is -2.01.